The van der Waals surface area contributed by atoms with E-state index in [1.54, 1.807) is 0 Å². The summed E-state index contributed by atoms with van der Waals surface area (Å²) in [7, 11) is 0. The van der Waals surface area contributed by atoms with Gasteiger partial charge in [0.25, 0.3) is 5.97 Å². The second-order valence-corrected chi connectivity index (χ2v) is 1.89. The molecule has 0 fully saturated rings. The normalized spacial score (nSPS) is 5.88. The Balaban J connectivity index is -0.0000000367. The Kier molecular flexibility index (Phi) is 37.3. The summed E-state index contributed by atoms with van der Waals surface area (Å²) >= 11 is 0. The Morgan fingerprint density at radius 1 is 0.875 bits per heavy atom. The Labute approximate surface area is 130 Å². The number of carboxylic acid groups (broad SMARTS) is 4. The van der Waals surface area contributed by atoms with Gasteiger partial charge in [-0.2, -0.15) is 0 Å². The molecule has 0 saturated carbocycles. The van der Waals surface area contributed by atoms with Gasteiger partial charge in [0.05, 0.1) is 0 Å². The Hall–Kier alpha value is -0.310. The fourth-order valence-electron chi connectivity index (χ4n) is 0. The average Bonchev–Trinajstić information content (AvgIpc) is 1.83. The molecule has 0 aromatic rings. The van der Waals surface area contributed by atoms with Gasteiger partial charge in [-0.1, -0.05) is 6.58 Å². The molecule has 0 aliphatic carbocycles. The fraction of sp³-hybridized carbons (Fsp3) is 0.286. The van der Waals surface area contributed by atoms with E-state index >= 15 is 0 Å². The standard InChI is InChI=1S/C4H6O2.C2H4O2.CH2O3.2In.6H/c1-3(2)4(5)6;1-2(3)4;2-1(3)4;;;;;;;;/h1H2,2H3,(H,5,6);1H3,(H,3,4);(H2,2,3,4);;;;;;;;. The van der Waals surface area contributed by atoms with E-state index in [1.807, 2.05) is 0 Å². The molecule has 4 N–H and O–H groups in total. The van der Waals surface area contributed by atoms with E-state index in [2.05, 4.69) is 6.58 Å². The minimum atomic E-state index is -1.83. The predicted octanol–water partition coefficient (Wildman–Crippen LogP) is -1.41. The molecule has 0 spiro atoms. The van der Waals surface area contributed by atoms with Gasteiger partial charge in [-0.05, 0) is 6.92 Å². The van der Waals surface area contributed by atoms with Crippen LogP contribution in [0.5, 0.6) is 0 Å². The zero-order valence-electron chi connectivity index (χ0n) is 7.72. The molecular weight excluding hydrogens is 426 g/mol. The third-order valence-electron chi connectivity index (χ3n) is 0.365. The summed E-state index contributed by atoms with van der Waals surface area (Å²) in [5.74, 6) is -1.77. The molecule has 9 heteroatoms. The van der Waals surface area contributed by atoms with Crippen molar-refractivity contribution >= 4 is 69.8 Å². The second-order valence-electron chi connectivity index (χ2n) is 1.89. The molecule has 7 nitrogen and oxygen atoms in total. The molecular formula is C7H18In2O7. The Morgan fingerprint density at radius 3 is 0.938 bits per heavy atom. The number of carbonyl (C=O) groups is 3. The molecule has 0 amide bonds. The van der Waals surface area contributed by atoms with Crippen LogP contribution in [-0.4, -0.2) is 90.2 Å². The van der Waals surface area contributed by atoms with Crippen molar-refractivity contribution in [2.75, 3.05) is 0 Å². The van der Waals surface area contributed by atoms with Gasteiger partial charge in [-0.3, -0.25) is 4.79 Å². The minimum absolute atomic E-state index is 0. The molecule has 0 rings (SSSR count). The summed E-state index contributed by atoms with van der Waals surface area (Å²) in [4.78, 5) is 27.2. The topological polar surface area (TPSA) is 132 Å². The number of hydrogen-bond donors (Lipinski definition) is 4. The summed E-state index contributed by atoms with van der Waals surface area (Å²) in [5, 5.41) is 29.3. The molecule has 94 valence electrons. The summed E-state index contributed by atoms with van der Waals surface area (Å²) < 4.78 is 0. The summed E-state index contributed by atoms with van der Waals surface area (Å²) in [5.41, 5.74) is 0.176. The van der Waals surface area contributed by atoms with Crippen LogP contribution in [0.25, 0.3) is 0 Å². The van der Waals surface area contributed by atoms with Crippen molar-refractivity contribution < 1.29 is 34.8 Å². The summed E-state index contributed by atoms with van der Waals surface area (Å²) in [6.07, 6.45) is -1.83. The van der Waals surface area contributed by atoms with Crippen LogP contribution < -0.4 is 0 Å². The molecule has 0 aromatic heterocycles. The van der Waals surface area contributed by atoms with Gasteiger partial charge in [-0.25, -0.2) is 9.59 Å². The van der Waals surface area contributed by atoms with E-state index in [-0.39, 0.29) is 57.3 Å². The first-order chi connectivity index (χ1) is 6.11. The first-order valence-electron chi connectivity index (χ1n) is 3.11. The Bertz CT molecular complexity index is 195. The van der Waals surface area contributed by atoms with Crippen molar-refractivity contribution in [2.45, 2.75) is 13.8 Å². The molecule has 16 heavy (non-hydrogen) atoms. The fourth-order valence-corrected chi connectivity index (χ4v) is 0. The van der Waals surface area contributed by atoms with E-state index in [9.17, 15) is 4.79 Å². The maximum absolute atomic E-state index is 9.60. The second kappa shape index (κ2) is 20.1. The van der Waals surface area contributed by atoms with Crippen molar-refractivity contribution in [1.82, 2.24) is 0 Å². The average molecular weight is 444 g/mol. The van der Waals surface area contributed by atoms with Crippen LogP contribution in [-0.2, 0) is 9.59 Å². The van der Waals surface area contributed by atoms with Crippen molar-refractivity contribution in [2.24, 2.45) is 0 Å². The third-order valence-corrected chi connectivity index (χ3v) is 0.365. The molecule has 0 saturated heterocycles. The first-order valence-corrected chi connectivity index (χ1v) is 3.11. The molecule has 0 aliphatic rings. The van der Waals surface area contributed by atoms with Crippen LogP contribution in [0.4, 0.5) is 4.79 Å². The van der Waals surface area contributed by atoms with Gasteiger partial charge in [0, 0.05) is 12.5 Å². The van der Waals surface area contributed by atoms with Crippen LogP contribution >= 0.6 is 0 Å². The quantitative estimate of drug-likeness (QED) is 0.366. The molecule has 0 unspecified atom stereocenters. The summed E-state index contributed by atoms with van der Waals surface area (Å²) in [6, 6.07) is 0. The van der Waals surface area contributed by atoms with Crippen LogP contribution in [0, 0.1) is 0 Å². The van der Waals surface area contributed by atoms with E-state index in [0.29, 0.717) is 0 Å². The molecule has 0 bridgehead atoms. The predicted molar refractivity (Wildman–Crippen MR) is 66.3 cm³/mol. The van der Waals surface area contributed by atoms with Gasteiger partial charge in [0.1, 0.15) is 0 Å². The van der Waals surface area contributed by atoms with E-state index in [0.717, 1.165) is 6.92 Å². The van der Waals surface area contributed by atoms with E-state index in [4.69, 9.17) is 30.0 Å². The van der Waals surface area contributed by atoms with Crippen LogP contribution in [0.3, 0.4) is 0 Å². The van der Waals surface area contributed by atoms with Crippen LogP contribution in [0.1, 0.15) is 13.8 Å². The van der Waals surface area contributed by atoms with Crippen molar-refractivity contribution in [3.63, 3.8) is 0 Å². The van der Waals surface area contributed by atoms with Gasteiger partial charge in [0.2, 0.25) is 0 Å². The third kappa shape index (κ3) is 162. The molecule has 0 aromatic carbocycles. The zero-order chi connectivity index (χ0) is 12.3. The number of hydrogen-bond acceptors (Lipinski definition) is 3. The van der Waals surface area contributed by atoms with E-state index in [1.165, 1.54) is 6.92 Å². The van der Waals surface area contributed by atoms with Gasteiger partial charge < -0.3 is 20.4 Å². The molecule has 0 radical (unpaired) electrons. The van der Waals surface area contributed by atoms with E-state index < -0.39 is 18.1 Å². The maximum atomic E-state index is 9.60. The van der Waals surface area contributed by atoms with Crippen molar-refractivity contribution in [3.8, 4) is 0 Å². The van der Waals surface area contributed by atoms with Crippen LogP contribution in [0.2, 0.25) is 0 Å². The zero-order valence-corrected chi connectivity index (χ0v) is 7.72. The first kappa shape index (κ1) is 29.6. The van der Waals surface area contributed by atoms with Gasteiger partial charge in [0.15, 0.2) is 0 Å². The number of aliphatic carboxylic acids is 2. The van der Waals surface area contributed by atoms with Crippen LogP contribution in [0.15, 0.2) is 12.2 Å². The summed E-state index contributed by atoms with van der Waals surface area (Å²) in [6.45, 7) is 5.69. The SMILES string of the molecule is C=C(C)C(=O)O.CC(=O)O.O=C(O)O.[InH3].[InH3]. The van der Waals surface area contributed by atoms with Gasteiger partial charge >= 0.3 is 63.8 Å². The Morgan fingerprint density at radius 2 is 0.938 bits per heavy atom. The number of carboxylic acids is 2. The molecule has 0 atom stereocenters. The van der Waals surface area contributed by atoms with Gasteiger partial charge in [-0.15, -0.1) is 0 Å². The molecule has 0 aliphatic heterocycles. The monoisotopic (exact) mass is 444 g/mol. The number of rotatable bonds is 1. The molecule has 0 heterocycles. The van der Waals surface area contributed by atoms with Crippen molar-refractivity contribution in [3.05, 3.63) is 12.2 Å². The van der Waals surface area contributed by atoms with Crippen molar-refractivity contribution in [1.29, 1.82) is 0 Å².